The number of thioether (sulfide) groups is 1. The van der Waals surface area contributed by atoms with E-state index >= 15 is 0 Å². The minimum Gasteiger partial charge on any atom is -0.487 e. The second-order valence-electron chi connectivity index (χ2n) is 8.60. The van der Waals surface area contributed by atoms with Crippen LogP contribution in [0.2, 0.25) is 0 Å². The number of aliphatic imine (C=N–C) groups is 1. The number of nitrogens with one attached hydrogen (secondary N) is 1. The third-order valence-electron chi connectivity index (χ3n) is 5.30. The van der Waals surface area contributed by atoms with E-state index in [2.05, 4.69) is 34.0 Å². The minimum absolute atomic E-state index is 0.0126. The highest BCUT2D eigenvalue weighted by Crippen LogP contribution is 2.30. The Balaban J connectivity index is 1.28. The zero-order valence-corrected chi connectivity index (χ0v) is 21.5. The first kappa shape index (κ1) is 24.1. The number of nitrogens with zero attached hydrogens (tertiary/aromatic N) is 6. The summed E-state index contributed by atoms with van der Waals surface area (Å²) in [6.45, 7) is 6.30. The number of hydrogen-bond acceptors (Lipinski definition) is 9. The number of amides is 1. The monoisotopic (exact) mass is 521 g/mol. The van der Waals surface area contributed by atoms with Gasteiger partial charge in [-0.25, -0.2) is 4.98 Å². The molecule has 3 aromatic rings. The van der Waals surface area contributed by atoms with E-state index in [0.717, 1.165) is 28.5 Å². The fraction of sp³-hybridized carbons (Fsp3) is 0.292. The SMILES string of the molecule is CCc1nn2c(=O)cc(COc3ccc(/C=C4/C(=N)N5N=C(CC(C)C)SC5=NC4=O)cc3)nc2s1. The number of carbonyl (C=O) groups is 1. The van der Waals surface area contributed by atoms with Crippen LogP contribution in [0.5, 0.6) is 5.75 Å². The van der Waals surface area contributed by atoms with Gasteiger partial charge in [-0.15, -0.1) is 0 Å². The van der Waals surface area contributed by atoms with Gasteiger partial charge >= 0.3 is 0 Å². The first-order chi connectivity index (χ1) is 17.3. The van der Waals surface area contributed by atoms with Crippen molar-refractivity contribution >= 4 is 56.1 Å². The second-order valence-corrected chi connectivity index (χ2v) is 10.7. The summed E-state index contributed by atoms with van der Waals surface area (Å²) in [5.41, 5.74) is 1.19. The molecule has 0 saturated carbocycles. The summed E-state index contributed by atoms with van der Waals surface area (Å²) >= 11 is 2.73. The number of amidine groups is 2. The molecule has 5 rings (SSSR count). The van der Waals surface area contributed by atoms with Crippen LogP contribution in [0.3, 0.4) is 0 Å². The van der Waals surface area contributed by atoms with Crippen molar-refractivity contribution in [2.45, 2.75) is 40.2 Å². The van der Waals surface area contributed by atoms with Crippen LogP contribution in [0.1, 0.15) is 43.5 Å². The summed E-state index contributed by atoms with van der Waals surface area (Å²) in [6, 6.07) is 8.52. The molecule has 2 aliphatic rings. The van der Waals surface area contributed by atoms with Crippen molar-refractivity contribution in [2.75, 3.05) is 0 Å². The van der Waals surface area contributed by atoms with Crippen LogP contribution in [0, 0.1) is 11.3 Å². The number of carbonyl (C=O) groups excluding carboxylic acids is 1. The molecule has 1 amide bonds. The molecule has 10 nitrogen and oxygen atoms in total. The summed E-state index contributed by atoms with van der Waals surface area (Å²) in [5.74, 6) is 0.558. The Bertz CT molecular complexity index is 1520. The van der Waals surface area contributed by atoms with E-state index in [4.69, 9.17) is 10.1 Å². The summed E-state index contributed by atoms with van der Waals surface area (Å²) in [6.07, 6.45) is 3.13. The van der Waals surface area contributed by atoms with Crippen LogP contribution in [0.15, 0.2) is 50.8 Å². The molecule has 1 N–H and O–H groups in total. The van der Waals surface area contributed by atoms with E-state index in [1.54, 1.807) is 30.3 Å². The van der Waals surface area contributed by atoms with Gasteiger partial charge in [0, 0.05) is 12.5 Å². The van der Waals surface area contributed by atoms with Crippen LogP contribution in [0.25, 0.3) is 11.0 Å². The summed E-state index contributed by atoms with van der Waals surface area (Å²) in [7, 11) is 0. The van der Waals surface area contributed by atoms with Gasteiger partial charge in [-0.3, -0.25) is 15.0 Å². The molecule has 36 heavy (non-hydrogen) atoms. The Kier molecular flexibility index (Phi) is 6.54. The lowest BCUT2D eigenvalue weighted by Gasteiger charge is -2.20. The highest BCUT2D eigenvalue weighted by Gasteiger charge is 2.35. The Hall–Kier alpha value is -3.64. The predicted molar refractivity (Wildman–Crippen MR) is 142 cm³/mol. The Morgan fingerprint density at radius 1 is 1.19 bits per heavy atom. The fourth-order valence-corrected chi connectivity index (χ4v) is 5.52. The van der Waals surface area contributed by atoms with Crippen molar-refractivity contribution in [2.24, 2.45) is 16.0 Å². The summed E-state index contributed by atoms with van der Waals surface area (Å²) in [5, 5.41) is 20.8. The van der Waals surface area contributed by atoms with E-state index in [1.165, 1.54) is 38.7 Å². The molecule has 0 spiro atoms. The molecular formula is C24H23N7O3S2. The standard InChI is InChI=1S/C24H23N7O3S2/c1-4-18-28-30-20(32)11-15(26-23(30)35-18)12-34-16-7-5-14(6-8-16)10-17-21(25)31-24(27-22(17)33)36-19(29-31)9-13(2)3/h5-8,10-11,13,25H,4,9,12H2,1-3H3/b17-10-,25-21?. The lowest BCUT2D eigenvalue weighted by molar-refractivity contribution is -0.114. The van der Waals surface area contributed by atoms with Gasteiger partial charge in [0.25, 0.3) is 11.5 Å². The first-order valence-corrected chi connectivity index (χ1v) is 13.0. The molecule has 184 valence electrons. The van der Waals surface area contributed by atoms with Gasteiger partial charge < -0.3 is 4.74 Å². The lowest BCUT2D eigenvalue weighted by atomic mass is 10.1. The molecule has 2 aromatic heterocycles. The van der Waals surface area contributed by atoms with Gasteiger partial charge in [-0.1, -0.05) is 44.2 Å². The van der Waals surface area contributed by atoms with Crippen LogP contribution in [-0.4, -0.2) is 41.6 Å². The van der Waals surface area contributed by atoms with Crippen LogP contribution in [0.4, 0.5) is 0 Å². The van der Waals surface area contributed by atoms with Gasteiger partial charge in [-0.05, 0) is 47.9 Å². The van der Waals surface area contributed by atoms with Crippen molar-refractivity contribution in [1.29, 1.82) is 5.41 Å². The number of hydrazone groups is 1. The third kappa shape index (κ3) is 4.86. The van der Waals surface area contributed by atoms with E-state index in [1.807, 2.05) is 6.92 Å². The van der Waals surface area contributed by atoms with E-state index in [0.29, 0.717) is 27.5 Å². The number of aromatic nitrogens is 3. The molecule has 0 radical (unpaired) electrons. The number of aryl methyl sites for hydroxylation is 1. The molecule has 4 heterocycles. The largest absolute Gasteiger partial charge is 0.487 e. The van der Waals surface area contributed by atoms with Crippen LogP contribution in [-0.2, 0) is 17.8 Å². The van der Waals surface area contributed by atoms with Crippen molar-refractivity contribution in [3.63, 3.8) is 0 Å². The summed E-state index contributed by atoms with van der Waals surface area (Å²) < 4.78 is 7.12. The van der Waals surface area contributed by atoms with Gasteiger partial charge in [0.15, 0.2) is 5.84 Å². The second kappa shape index (κ2) is 9.78. The normalized spacial score (nSPS) is 16.7. The van der Waals surface area contributed by atoms with Crippen molar-refractivity contribution in [3.8, 4) is 5.75 Å². The van der Waals surface area contributed by atoms with Crippen molar-refractivity contribution < 1.29 is 9.53 Å². The maximum Gasteiger partial charge on any atom is 0.283 e. The predicted octanol–water partition coefficient (Wildman–Crippen LogP) is 3.96. The maximum atomic E-state index is 12.6. The lowest BCUT2D eigenvalue weighted by Crippen LogP contribution is -2.35. The van der Waals surface area contributed by atoms with E-state index < -0.39 is 5.91 Å². The molecule has 0 atom stereocenters. The molecule has 0 unspecified atom stereocenters. The number of ether oxygens (including phenoxy) is 1. The fourth-order valence-electron chi connectivity index (χ4n) is 3.56. The molecule has 0 aliphatic carbocycles. The molecule has 2 aliphatic heterocycles. The molecule has 0 saturated heterocycles. The van der Waals surface area contributed by atoms with Gasteiger partial charge in [0.2, 0.25) is 10.1 Å². The van der Waals surface area contributed by atoms with Crippen molar-refractivity contribution in [3.05, 3.63) is 62.5 Å². The number of fused-ring (bicyclic) bond motifs is 2. The molecule has 12 heteroatoms. The highest BCUT2D eigenvalue weighted by atomic mass is 32.2. The van der Waals surface area contributed by atoms with Gasteiger partial charge in [0.1, 0.15) is 22.4 Å². The molecule has 0 fully saturated rings. The van der Waals surface area contributed by atoms with Gasteiger partial charge in [-0.2, -0.15) is 24.7 Å². The smallest absolute Gasteiger partial charge is 0.283 e. The highest BCUT2D eigenvalue weighted by molar-refractivity contribution is 8.26. The Morgan fingerprint density at radius 2 is 1.97 bits per heavy atom. The molecule has 1 aromatic carbocycles. The first-order valence-electron chi connectivity index (χ1n) is 11.4. The topological polar surface area (TPSA) is 125 Å². The van der Waals surface area contributed by atoms with E-state index in [-0.39, 0.29) is 23.6 Å². The van der Waals surface area contributed by atoms with Crippen molar-refractivity contribution in [1.82, 2.24) is 19.6 Å². The quantitative estimate of drug-likeness (QED) is 0.467. The number of rotatable bonds is 7. The zero-order valence-electron chi connectivity index (χ0n) is 19.9. The average molecular weight is 522 g/mol. The average Bonchev–Trinajstić information content (AvgIpc) is 3.44. The minimum atomic E-state index is -0.456. The van der Waals surface area contributed by atoms with Crippen LogP contribution < -0.4 is 10.3 Å². The summed E-state index contributed by atoms with van der Waals surface area (Å²) in [4.78, 5) is 34.0. The molecule has 0 bridgehead atoms. The Labute approximate surface area is 214 Å². The Morgan fingerprint density at radius 3 is 2.69 bits per heavy atom. The van der Waals surface area contributed by atoms with E-state index in [9.17, 15) is 9.59 Å². The molecular weight excluding hydrogens is 498 g/mol. The number of hydrogen-bond donors (Lipinski definition) is 1. The zero-order chi connectivity index (χ0) is 25.4. The number of benzene rings is 1. The third-order valence-corrected chi connectivity index (χ3v) is 7.28. The van der Waals surface area contributed by atoms with Crippen LogP contribution >= 0.6 is 23.1 Å². The maximum absolute atomic E-state index is 12.6. The van der Waals surface area contributed by atoms with Gasteiger partial charge in [0.05, 0.1) is 11.3 Å².